The SMILES string of the molecule is Cc1cccc(N2CC(C(=O)N3CCCN(C)CC3)CC2=O)c1. The first-order chi connectivity index (χ1) is 11.0. The van der Waals surface area contributed by atoms with Gasteiger partial charge in [0.1, 0.15) is 0 Å². The molecule has 3 rings (SSSR count). The number of carbonyl (C=O) groups excluding carboxylic acids is 2. The first kappa shape index (κ1) is 16.0. The Bertz CT molecular complexity index is 602. The van der Waals surface area contributed by atoms with E-state index in [0.29, 0.717) is 13.0 Å². The maximum Gasteiger partial charge on any atom is 0.228 e. The number of rotatable bonds is 2. The summed E-state index contributed by atoms with van der Waals surface area (Å²) in [5.41, 5.74) is 2.03. The summed E-state index contributed by atoms with van der Waals surface area (Å²) in [7, 11) is 2.09. The number of hydrogen-bond donors (Lipinski definition) is 0. The molecule has 0 saturated carbocycles. The molecule has 1 unspecified atom stereocenters. The van der Waals surface area contributed by atoms with Gasteiger partial charge in [0.2, 0.25) is 11.8 Å². The molecule has 1 atom stereocenters. The minimum absolute atomic E-state index is 0.0564. The van der Waals surface area contributed by atoms with Gasteiger partial charge in [-0.15, -0.1) is 0 Å². The van der Waals surface area contributed by atoms with E-state index in [4.69, 9.17) is 0 Å². The number of amides is 2. The fourth-order valence-corrected chi connectivity index (χ4v) is 3.44. The highest BCUT2D eigenvalue weighted by Crippen LogP contribution is 2.27. The van der Waals surface area contributed by atoms with Gasteiger partial charge in [0.15, 0.2) is 0 Å². The number of hydrogen-bond acceptors (Lipinski definition) is 3. The molecule has 0 aromatic heterocycles. The lowest BCUT2D eigenvalue weighted by Gasteiger charge is -2.24. The molecular formula is C18H25N3O2. The number of carbonyl (C=O) groups is 2. The van der Waals surface area contributed by atoms with Crippen LogP contribution in [0, 0.1) is 12.8 Å². The van der Waals surface area contributed by atoms with Gasteiger partial charge in [-0.25, -0.2) is 0 Å². The van der Waals surface area contributed by atoms with Gasteiger partial charge in [-0.05, 0) is 44.6 Å². The molecule has 5 nitrogen and oxygen atoms in total. The maximum atomic E-state index is 12.8. The smallest absolute Gasteiger partial charge is 0.228 e. The second kappa shape index (κ2) is 6.71. The number of likely N-dealkylation sites (N-methyl/N-ethyl adjacent to an activating group) is 1. The Labute approximate surface area is 137 Å². The molecule has 0 bridgehead atoms. The van der Waals surface area contributed by atoms with E-state index < -0.39 is 0 Å². The molecule has 0 radical (unpaired) electrons. The second-order valence-electron chi connectivity index (χ2n) is 6.73. The number of nitrogens with zero attached hydrogens (tertiary/aromatic N) is 3. The fraction of sp³-hybridized carbons (Fsp3) is 0.556. The average Bonchev–Trinajstić information content (AvgIpc) is 2.78. The highest BCUT2D eigenvalue weighted by atomic mass is 16.2. The van der Waals surface area contributed by atoms with Crippen molar-refractivity contribution in [2.75, 3.05) is 44.7 Å². The van der Waals surface area contributed by atoms with Crippen LogP contribution in [0.2, 0.25) is 0 Å². The number of benzene rings is 1. The summed E-state index contributed by atoms with van der Waals surface area (Å²) in [6.07, 6.45) is 1.34. The third-order valence-corrected chi connectivity index (χ3v) is 4.82. The van der Waals surface area contributed by atoms with E-state index in [1.165, 1.54) is 0 Å². The third kappa shape index (κ3) is 3.55. The summed E-state index contributed by atoms with van der Waals surface area (Å²) < 4.78 is 0. The quantitative estimate of drug-likeness (QED) is 0.831. The maximum absolute atomic E-state index is 12.8. The first-order valence-corrected chi connectivity index (χ1v) is 8.39. The van der Waals surface area contributed by atoms with Crippen molar-refractivity contribution in [1.82, 2.24) is 9.80 Å². The molecule has 1 aromatic carbocycles. The van der Waals surface area contributed by atoms with E-state index in [2.05, 4.69) is 11.9 Å². The van der Waals surface area contributed by atoms with Gasteiger partial charge in [-0.1, -0.05) is 12.1 Å². The van der Waals surface area contributed by atoms with Crippen LogP contribution in [0.3, 0.4) is 0 Å². The van der Waals surface area contributed by atoms with E-state index >= 15 is 0 Å². The highest BCUT2D eigenvalue weighted by molar-refractivity contribution is 6.00. The zero-order chi connectivity index (χ0) is 16.4. The van der Waals surface area contributed by atoms with Crippen LogP contribution in [0.25, 0.3) is 0 Å². The van der Waals surface area contributed by atoms with Gasteiger partial charge in [0.05, 0.1) is 5.92 Å². The van der Waals surface area contributed by atoms with E-state index in [1.54, 1.807) is 4.90 Å². The molecule has 2 saturated heterocycles. The molecular weight excluding hydrogens is 290 g/mol. The Morgan fingerprint density at radius 3 is 2.78 bits per heavy atom. The molecule has 2 aliphatic heterocycles. The van der Waals surface area contributed by atoms with E-state index in [1.807, 2.05) is 36.1 Å². The average molecular weight is 315 g/mol. The van der Waals surface area contributed by atoms with Crippen molar-refractivity contribution in [3.05, 3.63) is 29.8 Å². The van der Waals surface area contributed by atoms with Crippen molar-refractivity contribution in [3.8, 4) is 0 Å². The summed E-state index contributed by atoms with van der Waals surface area (Å²) in [5, 5.41) is 0. The Morgan fingerprint density at radius 1 is 1.17 bits per heavy atom. The zero-order valence-electron chi connectivity index (χ0n) is 14.0. The number of aryl methyl sites for hydroxylation is 1. The zero-order valence-corrected chi connectivity index (χ0v) is 14.0. The normalized spacial score (nSPS) is 23.2. The van der Waals surface area contributed by atoms with Crippen molar-refractivity contribution in [2.45, 2.75) is 19.8 Å². The topological polar surface area (TPSA) is 43.9 Å². The van der Waals surface area contributed by atoms with Crippen LogP contribution in [0.4, 0.5) is 5.69 Å². The summed E-state index contributed by atoms with van der Waals surface area (Å²) in [6.45, 7) is 6.04. The lowest BCUT2D eigenvalue weighted by atomic mass is 10.1. The standard InChI is InChI=1S/C18H25N3O2/c1-14-5-3-6-16(11-14)21-13-15(12-17(21)22)18(23)20-8-4-7-19(2)9-10-20/h3,5-6,11,15H,4,7-10,12-13H2,1-2H3. The van der Waals surface area contributed by atoms with Crippen LogP contribution >= 0.6 is 0 Å². The van der Waals surface area contributed by atoms with Crippen molar-refractivity contribution >= 4 is 17.5 Å². The third-order valence-electron chi connectivity index (χ3n) is 4.82. The van der Waals surface area contributed by atoms with Gasteiger partial charge in [-0.3, -0.25) is 9.59 Å². The Balaban J connectivity index is 1.68. The Kier molecular flexibility index (Phi) is 4.66. The van der Waals surface area contributed by atoms with Crippen molar-refractivity contribution in [2.24, 2.45) is 5.92 Å². The van der Waals surface area contributed by atoms with Crippen molar-refractivity contribution < 1.29 is 9.59 Å². The van der Waals surface area contributed by atoms with Crippen LogP contribution in [0.5, 0.6) is 0 Å². The Morgan fingerprint density at radius 2 is 2.00 bits per heavy atom. The number of anilines is 1. The summed E-state index contributed by atoms with van der Waals surface area (Å²) in [5.74, 6) is -0.00360. The van der Waals surface area contributed by atoms with E-state index in [-0.39, 0.29) is 17.7 Å². The Hall–Kier alpha value is -1.88. The minimum atomic E-state index is -0.202. The molecule has 2 fully saturated rings. The van der Waals surface area contributed by atoms with Crippen LogP contribution in [0.15, 0.2) is 24.3 Å². The van der Waals surface area contributed by atoms with Crippen LogP contribution in [-0.4, -0.2) is 61.4 Å². The van der Waals surface area contributed by atoms with Crippen LogP contribution in [0.1, 0.15) is 18.4 Å². The summed E-state index contributed by atoms with van der Waals surface area (Å²) in [6, 6.07) is 7.92. The second-order valence-corrected chi connectivity index (χ2v) is 6.73. The van der Waals surface area contributed by atoms with E-state index in [0.717, 1.165) is 43.9 Å². The van der Waals surface area contributed by atoms with Crippen LogP contribution < -0.4 is 4.90 Å². The molecule has 124 valence electrons. The monoisotopic (exact) mass is 315 g/mol. The minimum Gasteiger partial charge on any atom is -0.341 e. The lowest BCUT2D eigenvalue weighted by Crippen LogP contribution is -2.39. The van der Waals surface area contributed by atoms with Gasteiger partial charge >= 0.3 is 0 Å². The first-order valence-electron chi connectivity index (χ1n) is 8.39. The molecule has 1 aromatic rings. The van der Waals surface area contributed by atoms with E-state index in [9.17, 15) is 9.59 Å². The summed E-state index contributed by atoms with van der Waals surface area (Å²) in [4.78, 5) is 31.1. The molecule has 23 heavy (non-hydrogen) atoms. The highest BCUT2D eigenvalue weighted by Gasteiger charge is 2.37. The molecule has 0 N–H and O–H groups in total. The predicted molar refractivity (Wildman–Crippen MR) is 90.3 cm³/mol. The molecule has 2 heterocycles. The molecule has 2 amide bonds. The van der Waals surface area contributed by atoms with Gasteiger partial charge in [0, 0.05) is 38.3 Å². The van der Waals surface area contributed by atoms with Crippen molar-refractivity contribution in [1.29, 1.82) is 0 Å². The van der Waals surface area contributed by atoms with Gasteiger partial charge in [-0.2, -0.15) is 0 Å². The lowest BCUT2D eigenvalue weighted by molar-refractivity contribution is -0.135. The van der Waals surface area contributed by atoms with Crippen LogP contribution in [-0.2, 0) is 9.59 Å². The summed E-state index contributed by atoms with van der Waals surface area (Å²) >= 11 is 0. The fourth-order valence-electron chi connectivity index (χ4n) is 3.44. The van der Waals surface area contributed by atoms with Gasteiger partial charge in [0.25, 0.3) is 0 Å². The molecule has 2 aliphatic rings. The van der Waals surface area contributed by atoms with Gasteiger partial charge < -0.3 is 14.7 Å². The van der Waals surface area contributed by atoms with Crippen molar-refractivity contribution in [3.63, 3.8) is 0 Å². The molecule has 0 spiro atoms. The predicted octanol–water partition coefficient (Wildman–Crippen LogP) is 1.51. The molecule has 5 heteroatoms. The largest absolute Gasteiger partial charge is 0.341 e. The molecule has 0 aliphatic carbocycles.